The summed E-state index contributed by atoms with van der Waals surface area (Å²) in [4.78, 5) is 0. The van der Waals surface area contributed by atoms with Crippen LogP contribution in [0.4, 0.5) is 0 Å². The molecule has 5 aliphatic rings. The maximum absolute atomic E-state index is 5.52. The monoisotopic (exact) mass is 298 g/mol. The predicted octanol–water partition coefficient (Wildman–Crippen LogP) is 5.34. The summed E-state index contributed by atoms with van der Waals surface area (Å²) >= 11 is 0. The molecule has 7 atom stereocenters. The molecule has 3 fully saturated rings. The Hall–Kier alpha value is -0.720. The van der Waals surface area contributed by atoms with Crippen molar-refractivity contribution in [1.82, 2.24) is 0 Å². The molecule has 1 heteroatoms. The predicted molar refractivity (Wildman–Crippen MR) is 89.2 cm³/mol. The zero-order valence-electron chi connectivity index (χ0n) is 14.2. The van der Waals surface area contributed by atoms with E-state index in [1.807, 2.05) is 7.11 Å². The maximum Gasteiger partial charge on any atom is 0.0958 e. The van der Waals surface area contributed by atoms with Gasteiger partial charge in [0, 0.05) is 6.42 Å². The van der Waals surface area contributed by atoms with Crippen LogP contribution in [-0.2, 0) is 4.74 Å². The Morgan fingerprint density at radius 3 is 2.95 bits per heavy atom. The van der Waals surface area contributed by atoms with Crippen molar-refractivity contribution in [2.75, 3.05) is 7.11 Å². The van der Waals surface area contributed by atoms with E-state index in [4.69, 9.17) is 4.74 Å². The molecular weight excluding hydrogens is 268 g/mol. The highest BCUT2D eigenvalue weighted by atomic mass is 16.5. The molecule has 0 bridgehead atoms. The molecule has 0 amide bonds. The highest BCUT2D eigenvalue weighted by molar-refractivity contribution is 5.32. The molecule has 5 rings (SSSR count). The van der Waals surface area contributed by atoms with Crippen LogP contribution in [0.25, 0.3) is 0 Å². The summed E-state index contributed by atoms with van der Waals surface area (Å²) in [6.07, 6.45) is 16.5. The van der Waals surface area contributed by atoms with Gasteiger partial charge in [-0.25, -0.2) is 0 Å². The molecule has 0 heterocycles. The van der Waals surface area contributed by atoms with Crippen LogP contribution >= 0.6 is 0 Å². The lowest BCUT2D eigenvalue weighted by Crippen LogP contribution is -2.45. The van der Waals surface area contributed by atoms with Gasteiger partial charge >= 0.3 is 0 Å². The molecule has 0 aliphatic heterocycles. The molecule has 5 aliphatic carbocycles. The summed E-state index contributed by atoms with van der Waals surface area (Å²) in [5.41, 5.74) is 2.38. The first-order valence-corrected chi connectivity index (χ1v) is 9.70. The molecule has 0 N–H and O–H groups in total. The third kappa shape index (κ3) is 1.72. The third-order valence-corrected chi connectivity index (χ3v) is 8.37. The number of allylic oxidation sites excluding steroid dienone is 4. The zero-order chi connectivity index (χ0) is 14.9. The molecule has 0 aromatic carbocycles. The second kappa shape index (κ2) is 4.65. The van der Waals surface area contributed by atoms with E-state index in [1.165, 1.54) is 37.9 Å². The third-order valence-electron chi connectivity index (χ3n) is 8.37. The lowest BCUT2D eigenvalue weighted by Gasteiger charge is -2.53. The fraction of sp³-hybridized carbons (Fsp3) is 0.810. The van der Waals surface area contributed by atoms with Crippen LogP contribution < -0.4 is 0 Å². The van der Waals surface area contributed by atoms with Crippen molar-refractivity contribution in [3.8, 4) is 0 Å². The smallest absolute Gasteiger partial charge is 0.0958 e. The number of hydrogen-bond donors (Lipinski definition) is 0. The second-order valence-corrected chi connectivity index (χ2v) is 8.87. The summed E-state index contributed by atoms with van der Waals surface area (Å²) in [7, 11) is 1.83. The van der Waals surface area contributed by atoms with Gasteiger partial charge in [-0.2, -0.15) is 0 Å². The molecule has 0 aromatic heterocycles. The highest BCUT2D eigenvalue weighted by Crippen LogP contribution is 2.72. The van der Waals surface area contributed by atoms with E-state index >= 15 is 0 Å². The van der Waals surface area contributed by atoms with Crippen LogP contribution in [0.1, 0.15) is 58.3 Å². The van der Waals surface area contributed by atoms with Crippen molar-refractivity contribution in [2.24, 2.45) is 40.9 Å². The molecule has 0 spiro atoms. The quantitative estimate of drug-likeness (QED) is 0.669. The van der Waals surface area contributed by atoms with Gasteiger partial charge in [0.15, 0.2) is 0 Å². The summed E-state index contributed by atoms with van der Waals surface area (Å²) in [5, 5.41) is 0. The molecule has 2 unspecified atom stereocenters. The number of rotatable bonds is 2. The topological polar surface area (TPSA) is 9.23 Å². The Kier molecular flexibility index (Phi) is 2.89. The Morgan fingerprint density at radius 1 is 1.23 bits per heavy atom. The standard InChI is InChI=1S/C21H30O/c1-3-21-9-8-17-16-7-5-15(22-2)10-13(16)4-6-18(17)20(21)19-11-14(19)12-21/h4,10,14,16-20H,3,5-9,11-12H2,1-2H3/t14?,16-,17+,18+,19?,20+,21+/m0/s1. The van der Waals surface area contributed by atoms with Crippen LogP contribution in [0, 0.1) is 40.9 Å². The number of hydrogen-bond acceptors (Lipinski definition) is 1. The normalized spacial score (nSPS) is 51.7. The van der Waals surface area contributed by atoms with Gasteiger partial charge in [-0.1, -0.05) is 19.4 Å². The average molecular weight is 298 g/mol. The van der Waals surface area contributed by atoms with Gasteiger partial charge in [0.2, 0.25) is 0 Å². The first-order chi connectivity index (χ1) is 10.8. The Morgan fingerprint density at radius 2 is 2.14 bits per heavy atom. The van der Waals surface area contributed by atoms with Crippen molar-refractivity contribution in [2.45, 2.75) is 58.3 Å². The summed E-state index contributed by atoms with van der Waals surface area (Å²) in [6.45, 7) is 2.48. The Bertz CT molecular complexity index is 544. The van der Waals surface area contributed by atoms with Gasteiger partial charge in [-0.15, -0.1) is 0 Å². The van der Waals surface area contributed by atoms with Crippen molar-refractivity contribution < 1.29 is 4.74 Å². The minimum absolute atomic E-state index is 0.752. The largest absolute Gasteiger partial charge is 0.501 e. The molecule has 1 nitrogen and oxygen atoms in total. The molecular formula is C21H30O. The number of ether oxygens (including phenoxy) is 1. The van der Waals surface area contributed by atoms with Crippen molar-refractivity contribution in [1.29, 1.82) is 0 Å². The number of fused-ring (bicyclic) bond motifs is 7. The summed E-state index contributed by atoms with van der Waals surface area (Å²) < 4.78 is 5.52. The van der Waals surface area contributed by atoms with Gasteiger partial charge in [-0.3, -0.25) is 0 Å². The maximum atomic E-state index is 5.52. The molecule has 0 radical (unpaired) electrons. The highest BCUT2D eigenvalue weighted by Gasteiger charge is 2.64. The molecule has 120 valence electrons. The molecule has 0 saturated heterocycles. The molecule has 3 saturated carbocycles. The Labute approximate surface area is 135 Å². The van der Waals surface area contributed by atoms with E-state index < -0.39 is 0 Å². The summed E-state index contributed by atoms with van der Waals surface area (Å²) in [6, 6.07) is 0. The fourth-order valence-corrected chi connectivity index (χ4v) is 7.34. The Balaban J connectivity index is 1.48. The van der Waals surface area contributed by atoms with Crippen LogP contribution in [0.15, 0.2) is 23.5 Å². The number of methoxy groups -OCH3 is 1. The van der Waals surface area contributed by atoms with Crippen LogP contribution in [-0.4, -0.2) is 7.11 Å². The molecule has 0 aromatic rings. The zero-order valence-corrected chi connectivity index (χ0v) is 14.2. The molecule has 22 heavy (non-hydrogen) atoms. The van der Waals surface area contributed by atoms with Gasteiger partial charge < -0.3 is 4.74 Å². The van der Waals surface area contributed by atoms with Crippen LogP contribution in [0.5, 0.6) is 0 Å². The minimum atomic E-state index is 0.752. The van der Waals surface area contributed by atoms with E-state index in [2.05, 4.69) is 19.1 Å². The fourth-order valence-electron chi connectivity index (χ4n) is 7.34. The van der Waals surface area contributed by atoms with E-state index in [0.717, 1.165) is 47.3 Å². The average Bonchev–Trinajstić information content (AvgIpc) is 3.24. The summed E-state index contributed by atoms with van der Waals surface area (Å²) in [5.74, 6) is 7.38. The minimum Gasteiger partial charge on any atom is -0.501 e. The van der Waals surface area contributed by atoms with E-state index in [0.29, 0.717) is 0 Å². The van der Waals surface area contributed by atoms with Crippen LogP contribution in [0.2, 0.25) is 0 Å². The van der Waals surface area contributed by atoms with E-state index in [-0.39, 0.29) is 0 Å². The van der Waals surface area contributed by atoms with Crippen LogP contribution in [0.3, 0.4) is 0 Å². The van der Waals surface area contributed by atoms with Gasteiger partial charge in [0.25, 0.3) is 0 Å². The van der Waals surface area contributed by atoms with Crippen molar-refractivity contribution >= 4 is 0 Å². The van der Waals surface area contributed by atoms with E-state index in [1.54, 1.807) is 18.4 Å². The SMILES string of the molecule is CC[C@]12CC[C@H]3[C@@H](CC=C4C=C(OC)CC[C@@H]43)[C@@H]1C1CC1C2. The van der Waals surface area contributed by atoms with Gasteiger partial charge in [0.05, 0.1) is 12.9 Å². The van der Waals surface area contributed by atoms with Crippen molar-refractivity contribution in [3.63, 3.8) is 0 Å². The lowest BCUT2D eigenvalue weighted by molar-refractivity contribution is -0.0180. The van der Waals surface area contributed by atoms with Gasteiger partial charge in [-0.05, 0) is 91.1 Å². The second-order valence-electron chi connectivity index (χ2n) is 8.87. The van der Waals surface area contributed by atoms with Crippen molar-refractivity contribution in [3.05, 3.63) is 23.5 Å². The van der Waals surface area contributed by atoms with E-state index in [9.17, 15) is 0 Å². The first-order valence-electron chi connectivity index (χ1n) is 9.70. The van der Waals surface area contributed by atoms with Gasteiger partial charge in [0.1, 0.15) is 0 Å². The first kappa shape index (κ1) is 13.7. The lowest BCUT2D eigenvalue weighted by atomic mass is 9.51.